The highest BCUT2D eigenvalue weighted by Gasteiger charge is 2.19. The van der Waals surface area contributed by atoms with E-state index in [9.17, 15) is 0 Å². The molecule has 4 nitrogen and oxygen atoms in total. The summed E-state index contributed by atoms with van der Waals surface area (Å²) in [5.74, 6) is 1.55. The number of nitrogens with zero attached hydrogens (tertiary/aromatic N) is 2. The summed E-state index contributed by atoms with van der Waals surface area (Å²) in [6.45, 7) is 2.54. The average molecular weight is 364 g/mol. The average Bonchev–Trinajstić information content (AvgIpc) is 3.02. The van der Waals surface area contributed by atoms with Crippen LogP contribution in [0.5, 0.6) is 5.88 Å². The first kappa shape index (κ1) is 16.5. The van der Waals surface area contributed by atoms with Crippen LogP contribution in [0, 0.1) is 0 Å². The number of imidazole rings is 1. The summed E-state index contributed by atoms with van der Waals surface area (Å²) in [7, 11) is 0. The second-order valence-electron chi connectivity index (χ2n) is 5.77. The molecule has 1 N–H and O–H groups in total. The van der Waals surface area contributed by atoms with Crippen molar-refractivity contribution in [1.82, 2.24) is 9.38 Å². The van der Waals surface area contributed by atoms with Gasteiger partial charge < -0.3 is 10.1 Å². The number of fused-ring (bicyclic) bond motifs is 1. The topological polar surface area (TPSA) is 38.6 Å². The number of anilines is 2. The third-order valence-electron chi connectivity index (χ3n) is 4.07. The predicted octanol–water partition coefficient (Wildman–Crippen LogP) is 5.80. The summed E-state index contributed by atoms with van der Waals surface area (Å²) in [6, 6.07) is 23.5. The monoisotopic (exact) mass is 363 g/mol. The number of hydrogen-bond acceptors (Lipinski definition) is 3. The first-order valence-electron chi connectivity index (χ1n) is 8.49. The number of rotatable bonds is 5. The first-order chi connectivity index (χ1) is 12.8. The highest BCUT2D eigenvalue weighted by Crippen LogP contribution is 2.37. The third kappa shape index (κ3) is 3.00. The highest BCUT2D eigenvalue weighted by atomic mass is 35.5. The van der Waals surface area contributed by atoms with Crippen molar-refractivity contribution in [2.24, 2.45) is 0 Å². The minimum Gasteiger partial charge on any atom is -0.479 e. The van der Waals surface area contributed by atoms with Gasteiger partial charge >= 0.3 is 0 Å². The number of para-hydroxylation sites is 1. The van der Waals surface area contributed by atoms with E-state index in [-0.39, 0.29) is 0 Å². The lowest BCUT2D eigenvalue weighted by atomic mass is 10.1. The summed E-state index contributed by atoms with van der Waals surface area (Å²) in [5.41, 5.74) is 3.42. The minimum absolute atomic E-state index is 0.573. The molecular formula is C21H18ClN3O. The second kappa shape index (κ2) is 7.10. The van der Waals surface area contributed by atoms with Crippen LogP contribution in [0.15, 0.2) is 72.8 Å². The second-order valence-corrected chi connectivity index (χ2v) is 6.18. The van der Waals surface area contributed by atoms with E-state index in [1.807, 2.05) is 84.1 Å². The fourth-order valence-corrected chi connectivity index (χ4v) is 3.16. The van der Waals surface area contributed by atoms with Crippen LogP contribution in [0.2, 0.25) is 5.02 Å². The number of aromatic nitrogens is 2. The molecular weight excluding hydrogens is 346 g/mol. The Kier molecular flexibility index (Phi) is 4.50. The van der Waals surface area contributed by atoms with Gasteiger partial charge in [0.1, 0.15) is 17.2 Å². The normalized spacial score (nSPS) is 10.8. The van der Waals surface area contributed by atoms with Crippen LogP contribution >= 0.6 is 11.6 Å². The predicted molar refractivity (Wildman–Crippen MR) is 107 cm³/mol. The first-order valence-corrected chi connectivity index (χ1v) is 8.87. The van der Waals surface area contributed by atoms with Crippen molar-refractivity contribution in [2.45, 2.75) is 6.92 Å². The summed E-state index contributed by atoms with van der Waals surface area (Å²) < 4.78 is 7.81. The number of hydrogen-bond donors (Lipinski definition) is 1. The number of pyridine rings is 1. The molecule has 0 aliphatic rings. The molecule has 5 heteroatoms. The van der Waals surface area contributed by atoms with Crippen LogP contribution in [0.3, 0.4) is 0 Å². The van der Waals surface area contributed by atoms with Crippen LogP contribution in [-0.4, -0.2) is 16.0 Å². The molecule has 0 atom stereocenters. The fraction of sp³-hybridized carbons (Fsp3) is 0.0952. The quantitative estimate of drug-likeness (QED) is 0.487. The van der Waals surface area contributed by atoms with Crippen molar-refractivity contribution in [3.63, 3.8) is 0 Å². The summed E-state index contributed by atoms with van der Waals surface area (Å²) in [4.78, 5) is 4.82. The zero-order valence-electron chi connectivity index (χ0n) is 14.3. The van der Waals surface area contributed by atoms with E-state index in [4.69, 9.17) is 21.3 Å². The summed E-state index contributed by atoms with van der Waals surface area (Å²) >= 11 is 6.45. The van der Waals surface area contributed by atoms with Crippen molar-refractivity contribution in [2.75, 3.05) is 11.9 Å². The van der Waals surface area contributed by atoms with Crippen molar-refractivity contribution in [3.05, 3.63) is 77.8 Å². The largest absolute Gasteiger partial charge is 0.479 e. The number of halogens is 1. The third-order valence-corrected chi connectivity index (χ3v) is 4.40. The van der Waals surface area contributed by atoms with Gasteiger partial charge in [-0.25, -0.2) is 9.38 Å². The molecule has 2 aromatic carbocycles. The van der Waals surface area contributed by atoms with Gasteiger partial charge in [-0.1, -0.05) is 54.1 Å². The van der Waals surface area contributed by atoms with Gasteiger partial charge in [-0.15, -0.1) is 0 Å². The van der Waals surface area contributed by atoms with E-state index in [2.05, 4.69) is 5.32 Å². The molecule has 0 saturated heterocycles. The zero-order valence-corrected chi connectivity index (χ0v) is 15.1. The Morgan fingerprint density at radius 3 is 2.50 bits per heavy atom. The Bertz CT molecular complexity index is 1040. The molecule has 2 heterocycles. The molecule has 0 aliphatic heterocycles. The molecule has 2 aromatic heterocycles. The zero-order chi connectivity index (χ0) is 17.9. The van der Waals surface area contributed by atoms with Crippen LogP contribution in [0.1, 0.15) is 6.92 Å². The SMILES string of the molecule is CCOc1cccc2nc(-c3ccccc3Cl)c(Nc3ccccc3)n12. The van der Waals surface area contributed by atoms with Gasteiger partial charge in [0.05, 0.1) is 11.6 Å². The van der Waals surface area contributed by atoms with Crippen LogP contribution in [0.25, 0.3) is 16.9 Å². The molecule has 0 amide bonds. The van der Waals surface area contributed by atoms with Crippen LogP contribution < -0.4 is 10.1 Å². The number of benzene rings is 2. The molecule has 4 rings (SSSR count). The van der Waals surface area contributed by atoms with E-state index in [0.717, 1.165) is 34.3 Å². The van der Waals surface area contributed by atoms with Gasteiger partial charge in [0.15, 0.2) is 0 Å². The Morgan fingerprint density at radius 1 is 0.962 bits per heavy atom. The molecule has 26 heavy (non-hydrogen) atoms. The summed E-state index contributed by atoms with van der Waals surface area (Å²) in [5, 5.41) is 4.14. The van der Waals surface area contributed by atoms with E-state index < -0.39 is 0 Å². The molecule has 0 unspecified atom stereocenters. The van der Waals surface area contributed by atoms with Gasteiger partial charge in [0, 0.05) is 11.3 Å². The van der Waals surface area contributed by atoms with E-state index in [1.54, 1.807) is 0 Å². The Morgan fingerprint density at radius 2 is 1.73 bits per heavy atom. The van der Waals surface area contributed by atoms with E-state index in [0.29, 0.717) is 11.6 Å². The Labute approximate surface area is 157 Å². The lowest BCUT2D eigenvalue weighted by Crippen LogP contribution is -2.02. The van der Waals surface area contributed by atoms with Gasteiger partial charge in [-0.05, 0) is 37.3 Å². The Hall–Kier alpha value is -2.98. The maximum Gasteiger partial charge on any atom is 0.200 e. The lowest BCUT2D eigenvalue weighted by Gasteiger charge is -2.12. The number of ether oxygens (including phenoxy) is 1. The van der Waals surface area contributed by atoms with Crippen molar-refractivity contribution in [1.29, 1.82) is 0 Å². The van der Waals surface area contributed by atoms with Gasteiger partial charge in [0.2, 0.25) is 5.88 Å². The molecule has 130 valence electrons. The van der Waals surface area contributed by atoms with Crippen LogP contribution in [0.4, 0.5) is 11.5 Å². The summed E-state index contributed by atoms with van der Waals surface area (Å²) in [6.07, 6.45) is 0. The standard InChI is InChI=1S/C21H18ClN3O/c1-2-26-19-14-8-13-18-24-20(16-11-6-7-12-17(16)22)21(25(18)19)23-15-9-4-3-5-10-15/h3-14,23H,2H2,1H3. The van der Waals surface area contributed by atoms with Crippen molar-refractivity contribution < 1.29 is 4.74 Å². The van der Waals surface area contributed by atoms with Crippen molar-refractivity contribution in [3.8, 4) is 17.1 Å². The fourth-order valence-electron chi connectivity index (χ4n) is 2.94. The van der Waals surface area contributed by atoms with E-state index in [1.165, 1.54) is 0 Å². The number of nitrogens with one attached hydrogen (secondary N) is 1. The molecule has 0 fully saturated rings. The van der Waals surface area contributed by atoms with E-state index >= 15 is 0 Å². The molecule has 0 bridgehead atoms. The van der Waals surface area contributed by atoms with Gasteiger partial charge in [-0.2, -0.15) is 0 Å². The van der Waals surface area contributed by atoms with Crippen molar-refractivity contribution >= 4 is 28.8 Å². The Balaban J connectivity index is 1.97. The maximum absolute atomic E-state index is 6.45. The molecule has 0 aliphatic carbocycles. The van der Waals surface area contributed by atoms with Crippen LogP contribution in [-0.2, 0) is 0 Å². The molecule has 0 saturated carbocycles. The molecule has 0 spiro atoms. The molecule has 4 aromatic rings. The van der Waals surface area contributed by atoms with Gasteiger partial charge in [0.25, 0.3) is 0 Å². The molecule has 0 radical (unpaired) electrons. The minimum atomic E-state index is 0.573. The van der Waals surface area contributed by atoms with Gasteiger partial charge in [-0.3, -0.25) is 0 Å². The smallest absolute Gasteiger partial charge is 0.200 e. The lowest BCUT2D eigenvalue weighted by molar-refractivity contribution is 0.323. The highest BCUT2D eigenvalue weighted by molar-refractivity contribution is 6.33. The maximum atomic E-state index is 6.45.